The number of pyridine rings is 1. The SMILES string of the molecule is CCn1c(-c2ccc(C)c(C)c2)ccc(C=O)c1=O. The van der Waals surface area contributed by atoms with E-state index in [0.29, 0.717) is 12.8 Å². The van der Waals surface area contributed by atoms with Crippen LogP contribution in [0.5, 0.6) is 0 Å². The van der Waals surface area contributed by atoms with E-state index >= 15 is 0 Å². The summed E-state index contributed by atoms with van der Waals surface area (Å²) in [6, 6.07) is 9.54. The van der Waals surface area contributed by atoms with Gasteiger partial charge in [-0.1, -0.05) is 12.1 Å². The Hall–Kier alpha value is -2.16. The van der Waals surface area contributed by atoms with Gasteiger partial charge in [0, 0.05) is 6.54 Å². The zero-order valence-electron chi connectivity index (χ0n) is 11.4. The number of aldehydes is 1. The van der Waals surface area contributed by atoms with Crippen LogP contribution in [0, 0.1) is 13.8 Å². The Balaban J connectivity index is 2.68. The van der Waals surface area contributed by atoms with E-state index in [2.05, 4.69) is 13.0 Å². The Kier molecular flexibility index (Phi) is 3.65. The molecular formula is C16H17NO2. The first-order chi connectivity index (χ1) is 9.08. The second-order valence-corrected chi connectivity index (χ2v) is 4.64. The van der Waals surface area contributed by atoms with Crippen LogP contribution in [-0.4, -0.2) is 10.9 Å². The average Bonchev–Trinajstić information content (AvgIpc) is 2.41. The predicted molar refractivity (Wildman–Crippen MR) is 76.7 cm³/mol. The van der Waals surface area contributed by atoms with Gasteiger partial charge in [-0.3, -0.25) is 9.59 Å². The minimum atomic E-state index is -0.228. The summed E-state index contributed by atoms with van der Waals surface area (Å²) in [7, 11) is 0. The fourth-order valence-electron chi connectivity index (χ4n) is 2.15. The summed E-state index contributed by atoms with van der Waals surface area (Å²) in [6.45, 7) is 6.55. The first-order valence-corrected chi connectivity index (χ1v) is 6.35. The number of benzene rings is 1. The standard InChI is InChI=1S/C16H17NO2/c1-4-17-15(8-7-14(10-18)16(17)19)13-6-5-11(2)12(3)9-13/h5-10H,4H2,1-3H3. The Labute approximate surface area is 112 Å². The molecular weight excluding hydrogens is 238 g/mol. The molecule has 0 amide bonds. The average molecular weight is 255 g/mol. The van der Waals surface area contributed by atoms with Gasteiger partial charge in [0.25, 0.3) is 5.56 Å². The lowest BCUT2D eigenvalue weighted by molar-refractivity contribution is 0.112. The van der Waals surface area contributed by atoms with E-state index in [1.54, 1.807) is 10.6 Å². The van der Waals surface area contributed by atoms with Crippen LogP contribution < -0.4 is 5.56 Å². The number of hydrogen-bond donors (Lipinski definition) is 0. The van der Waals surface area contributed by atoms with Gasteiger partial charge in [0.2, 0.25) is 0 Å². The van der Waals surface area contributed by atoms with Gasteiger partial charge in [-0.2, -0.15) is 0 Å². The molecule has 0 radical (unpaired) electrons. The van der Waals surface area contributed by atoms with Crippen molar-refractivity contribution in [2.24, 2.45) is 0 Å². The molecule has 0 atom stereocenters. The van der Waals surface area contributed by atoms with Crippen molar-refractivity contribution in [2.45, 2.75) is 27.3 Å². The Morgan fingerprint density at radius 2 is 1.84 bits per heavy atom. The summed E-state index contributed by atoms with van der Waals surface area (Å²) in [4.78, 5) is 22.9. The minimum absolute atomic E-state index is 0.203. The molecule has 0 bridgehead atoms. The highest BCUT2D eigenvalue weighted by molar-refractivity contribution is 5.75. The van der Waals surface area contributed by atoms with Crippen LogP contribution in [0.1, 0.15) is 28.4 Å². The van der Waals surface area contributed by atoms with Gasteiger partial charge >= 0.3 is 0 Å². The van der Waals surface area contributed by atoms with Crippen LogP contribution in [0.2, 0.25) is 0 Å². The fraction of sp³-hybridized carbons (Fsp3) is 0.250. The lowest BCUT2D eigenvalue weighted by atomic mass is 10.0. The maximum absolute atomic E-state index is 12.1. The van der Waals surface area contributed by atoms with Crippen molar-refractivity contribution in [3.63, 3.8) is 0 Å². The number of carbonyl (C=O) groups is 1. The van der Waals surface area contributed by atoms with Gasteiger partial charge in [-0.25, -0.2) is 0 Å². The van der Waals surface area contributed by atoms with Crippen LogP contribution in [0.4, 0.5) is 0 Å². The topological polar surface area (TPSA) is 39.1 Å². The molecule has 0 spiro atoms. The minimum Gasteiger partial charge on any atom is -0.308 e. The molecule has 1 aromatic heterocycles. The van der Waals surface area contributed by atoms with E-state index < -0.39 is 0 Å². The number of nitrogens with zero attached hydrogens (tertiary/aromatic N) is 1. The predicted octanol–water partition coefficient (Wildman–Crippen LogP) is 2.96. The van der Waals surface area contributed by atoms with E-state index in [1.807, 2.05) is 32.0 Å². The molecule has 0 aliphatic heterocycles. The van der Waals surface area contributed by atoms with Gasteiger partial charge in [0.15, 0.2) is 6.29 Å². The first kappa shape index (κ1) is 13.3. The molecule has 98 valence electrons. The van der Waals surface area contributed by atoms with Crippen molar-refractivity contribution in [1.82, 2.24) is 4.57 Å². The third-order valence-electron chi connectivity index (χ3n) is 3.45. The van der Waals surface area contributed by atoms with Crippen molar-refractivity contribution < 1.29 is 4.79 Å². The lowest BCUT2D eigenvalue weighted by Crippen LogP contribution is -2.24. The molecule has 0 unspecified atom stereocenters. The van der Waals surface area contributed by atoms with E-state index in [-0.39, 0.29) is 11.1 Å². The number of hydrogen-bond acceptors (Lipinski definition) is 2. The summed E-state index contributed by atoms with van der Waals surface area (Å²) in [6.07, 6.45) is 0.610. The summed E-state index contributed by atoms with van der Waals surface area (Å²) in [5, 5.41) is 0. The Morgan fingerprint density at radius 1 is 1.11 bits per heavy atom. The van der Waals surface area contributed by atoms with Gasteiger partial charge < -0.3 is 4.57 Å². The number of aryl methyl sites for hydroxylation is 2. The quantitative estimate of drug-likeness (QED) is 0.791. The van der Waals surface area contributed by atoms with Crippen LogP contribution in [0.3, 0.4) is 0 Å². The molecule has 3 nitrogen and oxygen atoms in total. The van der Waals surface area contributed by atoms with Crippen molar-refractivity contribution >= 4 is 6.29 Å². The van der Waals surface area contributed by atoms with Crippen LogP contribution in [0.25, 0.3) is 11.3 Å². The normalized spacial score (nSPS) is 10.5. The lowest BCUT2D eigenvalue weighted by Gasteiger charge is -2.13. The van der Waals surface area contributed by atoms with Crippen molar-refractivity contribution in [2.75, 3.05) is 0 Å². The summed E-state index contributed by atoms with van der Waals surface area (Å²) in [5.41, 5.74) is 4.23. The summed E-state index contributed by atoms with van der Waals surface area (Å²) >= 11 is 0. The third-order valence-corrected chi connectivity index (χ3v) is 3.45. The first-order valence-electron chi connectivity index (χ1n) is 6.35. The fourth-order valence-corrected chi connectivity index (χ4v) is 2.15. The molecule has 3 heteroatoms. The number of aromatic nitrogens is 1. The number of rotatable bonds is 3. The highest BCUT2D eigenvalue weighted by atomic mass is 16.1. The molecule has 1 heterocycles. The molecule has 2 rings (SSSR count). The Morgan fingerprint density at radius 3 is 2.42 bits per heavy atom. The van der Waals surface area contributed by atoms with Crippen molar-refractivity contribution in [3.8, 4) is 11.3 Å². The van der Waals surface area contributed by atoms with E-state index in [4.69, 9.17) is 0 Å². The van der Waals surface area contributed by atoms with E-state index in [0.717, 1.165) is 11.3 Å². The van der Waals surface area contributed by atoms with Gasteiger partial charge in [-0.05, 0) is 55.7 Å². The van der Waals surface area contributed by atoms with Gasteiger partial charge in [0.1, 0.15) is 0 Å². The van der Waals surface area contributed by atoms with Gasteiger partial charge in [-0.15, -0.1) is 0 Å². The third kappa shape index (κ3) is 2.36. The second-order valence-electron chi connectivity index (χ2n) is 4.64. The molecule has 0 saturated carbocycles. The van der Waals surface area contributed by atoms with Crippen LogP contribution >= 0.6 is 0 Å². The smallest absolute Gasteiger partial charge is 0.261 e. The molecule has 0 aliphatic carbocycles. The van der Waals surface area contributed by atoms with E-state index in [1.165, 1.54) is 11.1 Å². The highest BCUT2D eigenvalue weighted by Crippen LogP contribution is 2.21. The summed E-state index contributed by atoms with van der Waals surface area (Å²) < 4.78 is 1.63. The molecule has 2 aromatic rings. The molecule has 19 heavy (non-hydrogen) atoms. The van der Waals surface area contributed by atoms with Crippen LogP contribution in [0.15, 0.2) is 35.1 Å². The highest BCUT2D eigenvalue weighted by Gasteiger charge is 2.09. The zero-order valence-corrected chi connectivity index (χ0v) is 11.4. The largest absolute Gasteiger partial charge is 0.308 e. The van der Waals surface area contributed by atoms with Crippen LogP contribution in [-0.2, 0) is 6.54 Å². The van der Waals surface area contributed by atoms with E-state index in [9.17, 15) is 9.59 Å². The maximum Gasteiger partial charge on any atom is 0.261 e. The molecule has 1 aromatic carbocycles. The van der Waals surface area contributed by atoms with Crippen molar-refractivity contribution in [3.05, 3.63) is 57.4 Å². The molecule has 0 N–H and O–H groups in total. The molecule has 0 saturated heterocycles. The van der Waals surface area contributed by atoms with Crippen molar-refractivity contribution in [1.29, 1.82) is 0 Å². The maximum atomic E-state index is 12.1. The second kappa shape index (κ2) is 5.22. The number of carbonyl (C=O) groups excluding carboxylic acids is 1. The monoisotopic (exact) mass is 255 g/mol. The Bertz CT molecular complexity index is 684. The zero-order chi connectivity index (χ0) is 14.0. The van der Waals surface area contributed by atoms with Gasteiger partial charge in [0.05, 0.1) is 11.3 Å². The molecule has 0 fully saturated rings. The summed E-state index contributed by atoms with van der Waals surface area (Å²) in [5.74, 6) is 0. The molecule has 0 aliphatic rings.